The van der Waals surface area contributed by atoms with E-state index in [0.29, 0.717) is 30.0 Å². The van der Waals surface area contributed by atoms with Crippen molar-refractivity contribution >= 4 is 52.2 Å². The van der Waals surface area contributed by atoms with Crippen LogP contribution in [0.3, 0.4) is 0 Å². The van der Waals surface area contributed by atoms with Crippen LogP contribution in [0.1, 0.15) is 83.4 Å². The highest BCUT2D eigenvalue weighted by Gasteiger charge is 2.36. The minimum atomic E-state index is -0.938. The van der Waals surface area contributed by atoms with Gasteiger partial charge in [-0.25, -0.2) is 4.79 Å². The third-order valence-electron chi connectivity index (χ3n) is 7.42. The number of ether oxygens (including phenoxy) is 1. The molecule has 0 saturated carbocycles. The Morgan fingerprint density at radius 1 is 0.956 bits per heavy atom. The first kappa shape index (κ1) is 35.7. The van der Waals surface area contributed by atoms with E-state index >= 15 is 0 Å². The molecule has 3 aromatic rings. The Bertz CT molecular complexity index is 1430. The van der Waals surface area contributed by atoms with Crippen molar-refractivity contribution in [2.24, 2.45) is 0 Å². The van der Waals surface area contributed by atoms with Crippen LogP contribution in [0.25, 0.3) is 16.8 Å². The third-order valence-corrected chi connectivity index (χ3v) is 8.07. The van der Waals surface area contributed by atoms with Gasteiger partial charge in [-0.15, -0.1) is 0 Å². The highest BCUT2D eigenvalue weighted by atomic mass is 32.2. The molecule has 0 bridgehead atoms. The van der Waals surface area contributed by atoms with Crippen LogP contribution in [0.5, 0.6) is 0 Å². The van der Waals surface area contributed by atoms with Crippen LogP contribution in [0.15, 0.2) is 73.3 Å². The van der Waals surface area contributed by atoms with Crippen molar-refractivity contribution in [1.29, 1.82) is 0 Å². The van der Waals surface area contributed by atoms with Crippen molar-refractivity contribution < 1.29 is 19.1 Å². The molecule has 0 heterocycles. The van der Waals surface area contributed by atoms with Crippen LogP contribution in [-0.2, 0) is 14.3 Å². The quantitative estimate of drug-likeness (QED) is 0.155. The molecule has 0 aromatic heterocycles. The number of hydrogen-bond donors (Lipinski definition) is 2. The Morgan fingerprint density at radius 3 is 2.38 bits per heavy atom. The van der Waals surface area contributed by atoms with E-state index in [4.69, 9.17) is 4.74 Å². The average molecular weight is 632 g/mol. The van der Waals surface area contributed by atoms with Gasteiger partial charge in [0.25, 0.3) is 5.91 Å². The Labute approximate surface area is 273 Å². The third kappa shape index (κ3) is 11.3. The minimum Gasteiger partial charge on any atom is -0.444 e. The van der Waals surface area contributed by atoms with Gasteiger partial charge in [0.05, 0.1) is 0 Å². The van der Waals surface area contributed by atoms with Gasteiger partial charge >= 0.3 is 6.09 Å². The number of benzene rings is 3. The molecule has 3 rings (SSSR count). The summed E-state index contributed by atoms with van der Waals surface area (Å²) >= 11 is 1.59. The second kappa shape index (κ2) is 17.6. The highest BCUT2D eigenvalue weighted by molar-refractivity contribution is 7.98. The molecule has 2 unspecified atom stereocenters. The summed E-state index contributed by atoms with van der Waals surface area (Å²) in [4.78, 5) is 43.4. The number of anilines is 1. The predicted molar refractivity (Wildman–Crippen MR) is 188 cm³/mol. The van der Waals surface area contributed by atoms with Gasteiger partial charge in [-0.05, 0) is 85.7 Å². The van der Waals surface area contributed by atoms with E-state index in [1.54, 1.807) is 43.5 Å². The number of alkyl carbamates (subject to hydrolysis) is 1. The maximum atomic E-state index is 14.5. The predicted octanol–water partition coefficient (Wildman–Crippen LogP) is 8.61. The molecule has 7 nitrogen and oxygen atoms in total. The number of hydrogen-bond acceptors (Lipinski definition) is 5. The van der Waals surface area contributed by atoms with Gasteiger partial charge < -0.3 is 20.3 Å². The lowest BCUT2D eigenvalue weighted by atomic mass is 9.99. The van der Waals surface area contributed by atoms with Gasteiger partial charge in [0.15, 0.2) is 0 Å². The number of carbonyl (C=O) groups excluding carboxylic acids is 3. The number of nitrogens with one attached hydrogen (secondary N) is 2. The molecule has 45 heavy (non-hydrogen) atoms. The molecule has 0 aliphatic carbocycles. The van der Waals surface area contributed by atoms with Crippen molar-refractivity contribution in [2.45, 2.75) is 83.9 Å². The second-order valence-corrected chi connectivity index (χ2v) is 13.2. The molecule has 0 saturated heterocycles. The first-order chi connectivity index (χ1) is 21.6. The summed E-state index contributed by atoms with van der Waals surface area (Å²) in [6.07, 6.45) is 8.34. The fraction of sp³-hybridized carbons (Fsp3) is 0.432. The van der Waals surface area contributed by atoms with E-state index in [1.807, 2.05) is 73.0 Å². The number of amides is 3. The van der Waals surface area contributed by atoms with Crippen molar-refractivity contribution in [3.8, 4) is 0 Å². The molecule has 0 aliphatic rings. The van der Waals surface area contributed by atoms with Crippen LogP contribution in [0.4, 0.5) is 10.5 Å². The molecule has 3 amide bonds. The molecule has 0 radical (unpaired) electrons. The van der Waals surface area contributed by atoms with Crippen molar-refractivity contribution in [2.75, 3.05) is 23.9 Å². The summed E-state index contributed by atoms with van der Waals surface area (Å²) in [6.45, 7) is 11.8. The van der Waals surface area contributed by atoms with E-state index < -0.39 is 23.8 Å². The molecule has 2 atom stereocenters. The Morgan fingerprint density at radius 2 is 1.69 bits per heavy atom. The van der Waals surface area contributed by atoms with E-state index in [2.05, 4.69) is 24.1 Å². The van der Waals surface area contributed by atoms with Crippen LogP contribution >= 0.6 is 11.8 Å². The fourth-order valence-corrected chi connectivity index (χ4v) is 5.67. The number of rotatable bonds is 16. The lowest BCUT2D eigenvalue weighted by Gasteiger charge is -2.35. The summed E-state index contributed by atoms with van der Waals surface area (Å²) in [5.74, 6) is 0.0125. The molecule has 3 aromatic carbocycles. The zero-order valence-corrected chi connectivity index (χ0v) is 28.3. The normalized spacial score (nSPS) is 12.6. The number of fused-ring (bicyclic) bond motifs is 1. The minimum absolute atomic E-state index is 0.312. The van der Waals surface area contributed by atoms with E-state index in [0.717, 1.165) is 48.4 Å². The molecular weight excluding hydrogens is 582 g/mol. The molecule has 0 fully saturated rings. The maximum absolute atomic E-state index is 14.5. The SMILES string of the molecule is C=Cc1cccc(C(C(=O)Nc2ccc3ccccc3c2)N(CCCCCCC)C(=O)C(CCSC)NC(=O)OC(C)(C)C)c1. The molecular formula is C37H49N3O4S. The average Bonchev–Trinajstić information content (AvgIpc) is 3.01. The van der Waals surface area contributed by atoms with E-state index in [1.165, 1.54) is 0 Å². The maximum Gasteiger partial charge on any atom is 0.408 e. The van der Waals surface area contributed by atoms with Gasteiger partial charge in [-0.1, -0.05) is 93.8 Å². The first-order valence-corrected chi connectivity index (χ1v) is 17.3. The van der Waals surface area contributed by atoms with Gasteiger partial charge in [-0.3, -0.25) is 9.59 Å². The zero-order valence-electron chi connectivity index (χ0n) is 27.4. The summed E-state index contributed by atoms with van der Waals surface area (Å²) in [5.41, 5.74) is 1.44. The van der Waals surface area contributed by atoms with Crippen molar-refractivity contribution in [3.05, 3.63) is 84.4 Å². The molecule has 242 valence electrons. The summed E-state index contributed by atoms with van der Waals surface area (Å²) in [5, 5.41) is 7.99. The van der Waals surface area contributed by atoms with Gasteiger partial charge in [-0.2, -0.15) is 11.8 Å². The number of thioether (sulfide) groups is 1. The molecule has 2 N–H and O–H groups in total. The first-order valence-electron chi connectivity index (χ1n) is 15.9. The lowest BCUT2D eigenvalue weighted by Crippen LogP contribution is -2.52. The van der Waals surface area contributed by atoms with Gasteiger partial charge in [0.1, 0.15) is 17.7 Å². The number of carbonyl (C=O) groups is 3. The summed E-state index contributed by atoms with van der Waals surface area (Å²) in [6, 6.07) is 19.5. The lowest BCUT2D eigenvalue weighted by molar-refractivity contribution is -0.141. The molecule has 0 spiro atoms. The zero-order chi connectivity index (χ0) is 32.8. The topological polar surface area (TPSA) is 87.7 Å². The molecule has 8 heteroatoms. The molecule has 0 aliphatic heterocycles. The van der Waals surface area contributed by atoms with Crippen LogP contribution < -0.4 is 10.6 Å². The fourth-order valence-electron chi connectivity index (χ4n) is 5.20. The number of nitrogens with zero attached hydrogens (tertiary/aromatic N) is 1. The van der Waals surface area contributed by atoms with Crippen LogP contribution in [0.2, 0.25) is 0 Å². The van der Waals surface area contributed by atoms with Crippen LogP contribution in [0, 0.1) is 0 Å². The summed E-state index contributed by atoms with van der Waals surface area (Å²) < 4.78 is 5.52. The standard InChI is InChI=1S/C37H49N3O4S/c1-7-9-10-11-14-23-40(35(42)32(22-24-45-6)39-36(43)44-37(3,4)5)33(30-19-15-16-27(8-2)25-30)34(41)38-31-21-20-28-17-12-13-18-29(28)26-31/h8,12-13,15-21,25-26,32-33H,2,7,9-11,14,22-24H2,1,3-6H3,(H,38,41)(H,39,43). The highest BCUT2D eigenvalue weighted by Crippen LogP contribution is 2.28. The number of unbranched alkanes of at least 4 members (excludes halogenated alkanes) is 4. The largest absolute Gasteiger partial charge is 0.444 e. The van der Waals surface area contributed by atoms with E-state index in [-0.39, 0.29) is 11.8 Å². The van der Waals surface area contributed by atoms with Crippen LogP contribution in [-0.4, -0.2) is 53.0 Å². The van der Waals surface area contributed by atoms with Crippen molar-refractivity contribution in [1.82, 2.24) is 10.2 Å². The summed E-state index contributed by atoms with van der Waals surface area (Å²) in [7, 11) is 0. The van der Waals surface area contributed by atoms with Crippen molar-refractivity contribution in [3.63, 3.8) is 0 Å². The Balaban J connectivity index is 2.04. The van der Waals surface area contributed by atoms with E-state index in [9.17, 15) is 14.4 Å². The Kier molecular flexibility index (Phi) is 14.0. The Hall–Kier alpha value is -3.78. The monoisotopic (exact) mass is 631 g/mol. The second-order valence-electron chi connectivity index (χ2n) is 12.3. The van der Waals surface area contributed by atoms with Gasteiger partial charge in [0, 0.05) is 12.2 Å². The smallest absolute Gasteiger partial charge is 0.408 e. The van der Waals surface area contributed by atoms with Gasteiger partial charge in [0.2, 0.25) is 5.91 Å².